The Morgan fingerprint density at radius 3 is 1.57 bits per heavy atom. The summed E-state index contributed by atoms with van der Waals surface area (Å²) in [6.45, 7) is 4.13. The number of phenols is 1. The van der Waals surface area contributed by atoms with Gasteiger partial charge < -0.3 is 82.8 Å². The molecule has 13 amide bonds. The van der Waals surface area contributed by atoms with Crippen LogP contribution in [0, 0.1) is 5.92 Å². The zero-order valence-electron chi connectivity index (χ0n) is 58.5. The van der Waals surface area contributed by atoms with Crippen LogP contribution in [-0.4, -0.2) is 243 Å². The molecule has 0 saturated carbocycles. The average molecular weight is 1430 g/mol. The van der Waals surface area contributed by atoms with Crippen LogP contribution in [0.25, 0.3) is 0 Å². The molecule has 31 heteroatoms. The summed E-state index contributed by atoms with van der Waals surface area (Å²) < 4.78 is 0. The number of nitrogens with zero attached hydrogens (tertiary/aromatic N) is 5. The molecule has 552 valence electrons. The molecule has 0 bridgehead atoms. The van der Waals surface area contributed by atoms with E-state index < -0.39 is 182 Å². The summed E-state index contributed by atoms with van der Waals surface area (Å²) in [7, 11) is 5.07. The van der Waals surface area contributed by atoms with Gasteiger partial charge in [-0.25, -0.2) is 0 Å². The lowest BCUT2D eigenvalue weighted by Gasteiger charge is -2.36. The van der Waals surface area contributed by atoms with Crippen LogP contribution in [0.5, 0.6) is 5.75 Å². The van der Waals surface area contributed by atoms with E-state index in [1.165, 1.54) is 64.3 Å². The number of likely N-dealkylation sites (N-methyl/N-ethyl adjacent to an activating group) is 4. The first-order valence-electron chi connectivity index (χ1n) is 33.4. The molecule has 12 N–H and O–H groups in total. The number of carbonyl (C=O) groups excluding carboxylic acids is 13. The van der Waals surface area contributed by atoms with Crippen molar-refractivity contribution in [2.75, 3.05) is 60.1 Å². The molecule has 4 aromatic carbocycles. The molecule has 0 aromatic heterocycles. The maximum absolute atomic E-state index is 15.1. The molecule has 1 aliphatic heterocycles. The van der Waals surface area contributed by atoms with Crippen LogP contribution < -0.4 is 43.0 Å². The van der Waals surface area contributed by atoms with E-state index >= 15 is 4.79 Å². The van der Waals surface area contributed by atoms with Crippen molar-refractivity contribution >= 4 is 95.4 Å². The lowest BCUT2D eigenvalue weighted by atomic mass is 10.00. The Balaban J connectivity index is 1.36. The Bertz CT molecular complexity index is 3570. The van der Waals surface area contributed by atoms with Crippen LogP contribution in [0.2, 0.25) is 0 Å². The fourth-order valence-electron chi connectivity index (χ4n) is 11.4. The lowest BCUT2D eigenvalue weighted by Crippen LogP contribution is -2.61. The van der Waals surface area contributed by atoms with Gasteiger partial charge in [-0.05, 0) is 66.5 Å². The van der Waals surface area contributed by atoms with Gasteiger partial charge in [-0.1, -0.05) is 124 Å². The van der Waals surface area contributed by atoms with Crippen molar-refractivity contribution < 1.29 is 82.4 Å². The van der Waals surface area contributed by atoms with E-state index in [1.807, 2.05) is 0 Å². The van der Waals surface area contributed by atoms with E-state index in [4.69, 9.17) is 5.73 Å². The summed E-state index contributed by atoms with van der Waals surface area (Å²) in [5.41, 5.74) is 7.47. The number of rotatable bonds is 38. The number of thiol groups is 1. The molecule has 10 atom stereocenters. The van der Waals surface area contributed by atoms with Crippen molar-refractivity contribution in [2.24, 2.45) is 11.7 Å². The van der Waals surface area contributed by atoms with Crippen LogP contribution in [0.3, 0.4) is 0 Å². The average Bonchev–Trinajstić information content (AvgIpc) is 1.48. The minimum absolute atomic E-state index is 0.0631. The maximum Gasteiger partial charge on any atom is 0.303 e. The number of primary amides is 1. The van der Waals surface area contributed by atoms with Gasteiger partial charge in [0.2, 0.25) is 76.8 Å². The number of amides is 13. The molecular weight excluding hydrogens is 1340 g/mol. The first kappa shape index (κ1) is 82.2. The highest BCUT2D eigenvalue weighted by molar-refractivity contribution is 7.80. The minimum Gasteiger partial charge on any atom is -0.508 e. The SMILES string of the molecule is CCC(=O)N[C@@H](Cc1ccccc1)C(=O)N[C@H](C(=O)N[C@@H](CCC(=O)O)C(=O)N(C)CC(=O)N[C@@H](Cc1ccc(O)cc1)C(=O)N(C)[C@@H](Cc1ccccc1)C(=O)N(C)CC(=O)N[C@H](C(=O)N(C)[C@@H](Cc1ccccc1)C(=O)N1CCC[C@H]1C(=O)N[C@@H](CS)C(=O)NCC(N)=O)[C@@H](C)O)C(C)C. The Morgan fingerprint density at radius 2 is 1.05 bits per heavy atom. The maximum atomic E-state index is 15.1. The number of aliphatic hydroxyl groups excluding tert-OH is 1. The second-order valence-corrected chi connectivity index (χ2v) is 25.8. The lowest BCUT2D eigenvalue weighted by molar-refractivity contribution is -0.150. The van der Waals surface area contributed by atoms with Crippen molar-refractivity contribution in [1.29, 1.82) is 0 Å². The number of nitrogens with two attached hydrogens (primary N) is 1. The third kappa shape index (κ3) is 25.0. The molecule has 1 aliphatic rings. The number of carboxylic acid groups (broad SMARTS) is 1. The van der Waals surface area contributed by atoms with E-state index in [2.05, 4.69) is 49.8 Å². The fourth-order valence-corrected chi connectivity index (χ4v) is 11.7. The van der Waals surface area contributed by atoms with E-state index in [9.17, 15) is 77.6 Å². The molecule has 5 rings (SSSR count). The van der Waals surface area contributed by atoms with Gasteiger partial charge in [-0.3, -0.25) is 67.1 Å². The summed E-state index contributed by atoms with van der Waals surface area (Å²) in [4.78, 5) is 198. The van der Waals surface area contributed by atoms with Crippen molar-refractivity contribution in [3.63, 3.8) is 0 Å². The monoisotopic (exact) mass is 1430 g/mol. The molecule has 4 aromatic rings. The largest absolute Gasteiger partial charge is 0.508 e. The van der Waals surface area contributed by atoms with Gasteiger partial charge in [-0.2, -0.15) is 12.6 Å². The Hall–Kier alpha value is -10.4. The minimum atomic E-state index is -1.73. The van der Waals surface area contributed by atoms with Crippen molar-refractivity contribution in [3.05, 3.63) is 138 Å². The summed E-state index contributed by atoms with van der Waals surface area (Å²) in [6, 6.07) is 19.3. The summed E-state index contributed by atoms with van der Waals surface area (Å²) in [5.74, 6) is -12.5. The molecule has 1 heterocycles. The smallest absolute Gasteiger partial charge is 0.303 e. The predicted octanol–water partition coefficient (Wildman–Crippen LogP) is -1.02. The van der Waals surface area contributed by atoms with Gasteiger partial charge in [0.15, 0.2) is 0 Å². The van der Waals surface area contributed by atoms with E-state index in [0.29, 0.717) is 28.7 Å². The van der Waals surface area contributed by atoms with Gasteiger partial charge in [-0.15, -0.1) is 0 Å². The van der Waals surface area contributed by atoms with Gasteiger partial charge in [0.25, 0.3) is 0 Å². The quantitative estimate of drug-likeness (QED) is 0.0239. The number of likely N-dealkylation sites (tertiary alicyclic amines) is 1. The normalized spacial score (nSPS) is 15.2. The standard InChI is InChI=1S/C71H95N13O17S/c1-9-57(88)74-50(34-44-20-13-10-14-21-44)64(94)79-61(42(2)3)66(96)76-49(31-32-60(91)92)67(97)80(5)39-58(89)75-51(35-47-27-29-48(86)30-28-47)68(98)82(7)54(36-45-22-15-11-16-23-45)69(99)81(6)40-59(90)78-62(43(4)85)71(101)83(8)55(37-46-24-17-12-18-25-46)70(100)84-33-19-26-53(84)65(95)77-52(41-102)63(93)73-38-56(72)87/h10-18,20-25,27-30,42-43,49-55,61-62,85-86,102H,9,19,26,31-41H2,1-8H3,(H2,72,87)(H,73,93)(H,74,88)(H,75,89)(H,76,96)(H,77,95)(H,78,90)(H,79,94)(H,91,92)/t43-,49+,50+,51+,52+,53+,54+,55+,61+,62+/m1/s1. The van der Waals surface area contributed by atoms with E-state index in [0.717, 1.165) is 19.6 Å². The second-order valence-electron chi connectivity index (χ2n) is 25.5. The van der Waals surface area contributed by atoms with E-state index in [-0.39, 0.29) is 56.6 Å². The Morgan fingerprint density at radius 1 is 0.549 bits per heavy atom. The summed E-state index contributed by atoms with van der Waals surface area (Å²) in [6.07, 6.45) is -2.49. The number of benzene rings is 4. The van der Waals surface area contributed by atoms with Crippen molar-refractivity contribution in [2.45, 2.75) is 146 Å². The molecule has 1 saturated heterocycles. The van der Waals surface area contributed by atoms with Crippen molar-refractivity contribution in [3.8, 4) is 5.75 Å². The molecular formula is C71H95N13O17S. The number of nitrogens with one attached hydrogen (secondary N) is 7. The molecule has 0 spiro atoms. The van der Waals surface area contributed by atoms with Crippen LogP contribution in [-0.2, 0) is 92.8 Å². The van der Waals surface area contributed by atoms with E-state index in [1.54, 1.807) is 112 Å². The third-order valence-electron chi connectivity index (χ3n) is 17.2. The number of aliphatic hydroxyl groups is 1. The van der Waals surface area contributed by atoms with Gasteiger partial charge in [0.05, 0.1) is 25.7 Å². The highest BCUT2D eigenvalue weighted by Crippen LogP contribution is 2.24. The summed E-state index contributed by atoms with van der Waals surface area (Å²) >= 11 is 4.18. The number of carboxylic acids is 1. The van der Waals surface area contributed by atoms with Crippen LogP contribution in [0.15, 0.2) is 115 Å². The third-order valence-corrected chi connectivity index (χ3v) is 17.6. The number of carbonyl (C=O) groups is 14. The number of phenolic OH excluding ortho intramolecular Hbond substituents is 1. The molecule has 0 unspecified atom stereocenters. The first-order chi connectivity index (χ1) is 48.3. The first-order valence-corrected chi connectivity index (χ1v) is 34.1. The molecule has 0 radical (unpaired) electrons. The van der Waals surface area contributed by atoms with Crippen LogP contribution in [0.1, 0.15) is 82.1 Å². The molecule has 30 nitrogen and oxygen atoms in total. The zero-order chi connectivity index (χ0) is 75.5. The van der Waals surface area contributed by atoms with Gasteiger partial charge >= 0.3 is 5.97 Å². The highest BCUT2D eigenvalue weighted by Gasteiger charge is 2.43. The molecule has 1 fully saturated rings. The van der Waals surface area contributed by atoms with Crippen LogP contribution in [0.4, 0.5) is 0 Å². The number of hydrogen-bond acceptors (Lipinski definition) is 17. The zero-order valence-corrected chi connectivity index (χ0v) is 59.4. The number of hydrogen-bond donors (Lipinski definition) is 12. The van der Waals surface area contributed by atoms with Gasteiger partial charge in [0, 0.05) is 79.0 Å². The fraction of sp³-hybridized carbons (Fsp3) is 0.465. The second kappa shape index (κ2) is 40.1. The Labute approximate surface area is 598 Å². The predicted molar refractivity (Wildman–Crippen MR) is 377 cm³/mol. The molecule has 0 aliphatic carbocycles. The van der Waals surface area contributed by atoms with Gasteiger partial charge in [0.1, 0.15) is 60.1 Å². The van der Waals surface area contributed by atoms with Crippen molar-refractivity contribution in [1.82, 2.24) is 61.7 Å². The van der Waals surface area contributed by atoms with Crippen LogP contribution >= 0.6 is 12.6 Å². The number of aromatic hydroxyl groups is 1. The Kier molecular flexibility index (Phi) is 32.4. The summed E-state index contributed by atoms with van der Waals surface area (Å²) in [5, 5.41) is 49.0. The topological polar surface area (TPSA) is 426 Å². The molecule has 102 heavy (non-hydrogen) atoms. The number of aliphatic carboxylic acids is 1. The highest BCUT2D eigenvalue weighted by atomic mass is 32.1.